The van der Waals surface area contributed by atoms with Crippen molar-refractivity contribution >= 4 is 5.84 Å². The van der Waals surface area contributed by atoms with Crippen molar-refractivity contribution in [2.75, 3.05) is 7.05 Å². The van der Waals surface area contributed by atoms with Crippen LogP contribution in [0.25, 0.3) is 0 Å². The zero-order valence-electron chi connectivity index (χ0n) is 12.4. The van der Waals surface area contributed by atoms with Crippen molar-refractivity contribution < 1.29 is 0 Å². The van der Waals surface area contributed by atoms with E-state index in [1.165, 1.54) is 6.42 Å². The summed E-state index contributed by atoms with van der Waals surface area (Å²) in [5.74, 6) is 1.56. The first-order valence-electron chi connectivity index (χ1n) is 6.84. The first kappa shape index (κ1) is 14.7. The molecule has 0 aromatic heterocycles. The molecule has 0 fully saturated rings. The number of nitrogens with zero attached hydrogens (tertiary/aromatic N) is 2. The summed E-state index contributed by atoms with van der Waals surface area (Å²) in [6, 6.07) is 0. The Morgan fingerprint density at radius 3 is 2.67 bits per heavy atom. The van der Waals surface area contributed by atoms with E-state index in [1.54, 1.807) is 0 Å². The molecule has 0 bridgehead atoms. The molecule has 1 aliphatic heterocycles. The molecule has 0 aromatic carbocycles. The molecule has 0 amide bonds. The van der Waals surface area contributed by atoms with Crippen LogP contribution in [0.15, 0.2) is 41.7 Å². The molecule has 0 spiro atoms. The molecule has 2 heteroatoms. The number of rotatable bonds is 4. The van der Waals surface area contributed by atoms with Gasteiger partial charge in [0, 0.05) is 24.9 Å². The molecule has 1 aliphatic rings. The van der Waals surface area contributed by atoms with Crippen molar-refractivity contribution in [2.24, 2.45) is 16.3 Å². The van der Waals surface area contributed by atoms with Gasteiger partial charge >= 0.3 is 0 Å². The van der Waals surface area contributed by atoms with Crippen LogP contribution in [0.5, 0.6) is 0 Å². The second-order valence-electron chi connectivity index (χ2n) is 5.33. The number of amidine groups is 1. The summed E-state index contributed by atoms with van der Waals surface area (Å²) in [6.07, 6.45) is 15.4. The molecule has 2 nitrogen and oxygen atoms in total. The summed E-state index contributed by atoms with van der Waals surface area (Å²) in [7, 11) is 1.84. The van der Waals surface area contributed by atoms with Gasteiger partial charge in [-0.15, -0.1) is 0 Å². The molecule has 0 aliphatic carbocycles. The SMILES string of the molecule is CCC/C=C\N1C=CC(C)(C(C)C)C=CC1=NC. The van der Waals surface area contributed by atoms with E-state index in [2.05, 4.69) is 74.3 Å². The van der Waals surface area contributed by atoms with E-state index in [1.807, 2.05) is 7.05 Å². The van der Waals surface area contributed by atoms with E-state index >= 15 is 0 Å². The highest BCUT2D eigenvalue weighted by molar-refractivity contribution is 5.94. The lowest BCUT2D eigenvalue weighted by atomic mass is 9.79. The fourth-order valence-electron chi connectivity index (χ4n) is 1.77. The van der Waals surface area contributed by atoms with E-state index in [9.17, 15) is 0 Å². The quantitative estimate of drug-likeness (QED) is 0.719. The Balaban J connectivity index is 2.97. The van der Waals surface area contributed by atoms with E-state index < -0.39 is 0 Å². The van der Waals surface area contributed by atoms with Gasteiger partial charge in [0.15, 0.2) is 0 Å². The summed E-state index contributed by atoms with van der Waals surface area (Å²) >= 11 is 0. The highest BCUT2D eigenvalue weighted by atomic mass is 15.1. The molecule has 0 radical (unpaired) electrons. The van der Waals surface area contributed by atoms with Crippen molar-refractivity contribution in [1.29, 1.82) is 0 Å². The van der Waals surface area contributed by atoms with Gasteiger partial charge in [0.1, 0.15) is 5.84 Å². The Bertz CT molecular complexity index is 375. The number of hydrogen-bond acceptors (Lipinski definition) is 1. The van der Waals surface area contributed by atoms with Gasteiger partial charge in [-0.25, -0.2) is 0 Å². The third kappa shape index (κ3) is 3.59. The molecule has 1 heterocycles. The predicted octanol–water partition coefficient (Wildman–Crippen LogP) is 4.38. The number of hydrogen-bond donors (Lipinski definition) is 0. The van der Waals surface area contributed by atoms with Crippen molar-refractivity contribution in [3.8, 4) is 0 Å². The highest BCUT2D eigenvalue weighted by Crippen LogP contribution is 2.32. The maximum atomic E-state index is 4.35. The molecular weight excluding hydrogens is 220 g/mol. The Kier molecular flexibility index (Phi) is 5.39. The van der Waals surface area contributed by atoms with Crippen LogP contribution in [-0.2, 0) is 0 Å². The van der Waals surface area contributed by atoms with Gasteiger partial charge in [-0.1, -0.05) is 52.3 Å². The highest BCUT2D eigenvalue weighted by Gasteiger charge is 2.24. The molecule has 1 atom stereocenters. The zero-order valence-corrected chi connectivity index (χ0v) is 12.4. The largest absolute Gasteiger partial charge is 0.310 e. The lowest BCUT2D eigenvalue weighted by Crippen LogP contribution is -2.17. The minimum Gasteiger partial charge on any atom is -0.310 e. The minimum absolute atomic E-state index is 0.100. The maximum Gasteiger partial charge on any atom is 0.131 e. The summed E-state index contributed by atoms with van der Waals surface area (Å²) < 4.78 is 0. The van der Waals surface area contributed by atoms with E-state index in [0.29, 0.717) is 5.92 Å². The predicted molar refractivity (Wildman–Crippen MR) is 80.5 cm³/mol. The van der Waals surface area contributed by atoms with Crippen LogP contribution >= 0.6 is 0 Å². The third-order valence-corrected chi connectivity index (χ3v) is 3.64. The van der Waals surface area contributed by atoms with Crippen LogP contribution in [0.3, 0.4) is 0 Å². The fraction of sp³-hybridized carbons (Fsp3) is 0.562. The average Bonchev–Trinajstić information content (AvgIpc) is 2.51. The smallest absolute Gasteiger partial charge is 0.131 e. The van der Waals surface area contributed by atoms with Crippen molar-refractivity contribution in [3.63, 3.8) is 0 Å². The maximum absolute atomic E-state index is 4.35. The Morgan fingerprint density at radius 2 is 2.11 bits per heavy atom. The number of allylic oxidation sites excluding steroid dienone is 3. The van der Waals surface area contributed by atoms with Gasteiger partial charge in [0.05, 0.1) is 0 Å². The van der Waals surface area contributed by atoms with Crippen LogP contribution < -0.4 is 0 Å². The van der Waals surface area contributed by atoms with Gasteiger partial charge in [-0.2, -0.15) is 0 Å². The Hall–Kier alpha value is -1.31. The summed E-state index contributed by atoms with van der Waals surface area (Å²) in [5, 5.41) is 0. The lowest BCUT2D eigenvalue weighted by Gasteiger charge is -2.25. The number of aliphatic imine (C=N–C) groups is 1. The van der Waals surface area contributed by atoms with Crippen LogP contribution in [-0.4, -0.2) is 17.8 Å². The molecule has 100 valence electrons. The van der Waals surface area contributed by atoms with Gasteiger partial charge in [-0.3, -0.25) is 4.99 Å². The normalized spacial score (nSPS) is 26.6. The average molecular weight is 246 g/mol. The summed E-state index contributed by atoms with van der Waals surface area (Å²) in [6.45, 7) is 8.95. The molecular formula is C16H26N2. The van der Waals surface area contributed by atoms with Gasteiger partial charge < -0.3 is 4.90 Å². The van der Waals surface area contributed by atoms with Crippen LogP contribution in [0.2, 0.25) is 0 Å². The van der Waals surface area contributed by atoms with Gasteiger partial charge in [0.2, 0.25) is 0 Å². The monoisotopic (exact) mass is 246 g/mol. The summed E-state index contributed by atoms with van der Waals surface area (Å²) in [5.41, 5.74) is 0.100. The van der Waals surface area contributed by atoms with E-state index in [4.69, 9.17) is 0 Å². The standard InChI is InChI=1S/C16H26N2/c1-6-7-8-12-18-13-11-16(4,14(2)3)10-9-15(18)17-5/h8-14H,6-7H2,1-5H3/b12-8-,17-15?. The third-order valence-electron chi connectivity index (χ3n) is 3.64. The summed E-state index contributed by atoms with van der Waals surface area (Å²) in [4.78, 5) is 6.44. The van der Waals surface area contributed by atoms with Gasteiger partial charge in [0.25, 0.3) is 0 Å². The Morgan fingerprint density at radius 1 is 1.39 bits per heavy atom. The first-order chi connectivity index (χ1) is 8.53. The molecule has 0 aromatic rings. The topological polar surface area (TPSA) is 15.6 Å². The molecule has 0 saturated heterocycles. The fourth-order valence-corrected chi connectivity index (χ4v) is 1.77. The minimum atomic E-state index is 0.100. The van der Waals surface area contributed by atoms with E-state index in [-0.39, 0.29) is 5.41 Å². The zero-order chi connectivity index (χ0) is 13.6. The van der Waals surface area contributed by atoms with Gasteiger partial charge in [-0.05, 0) is 18.4 Å². The molecule has 1 unspecified atom stereocenters. The first-order valence-corrected chi connectivity index (χ1v) is 6.84. The second kappa shape index (κ2) is 6.58. The second-order valence-corrected chi connectivity index (χ2v) is 5.33. The lowest BCUT2D eigenvalue weighted by molar-refractivity contribution is 0.382. The van der Waals surface area contributed by atoms with Crippen LogP contribution in [0.1, 0.15) is 40.5 Å². The van der Waals surface area contributed by atoms with Crippen LogP contribution in [0.4, 0.5) is 0 Å². The van der Waals surface area contributed by atoms with Crippen LogP contribution in [0, 0.1) is 11.3 Å². The van der Waals surface area contributed by atoms with Crippen molar-refractivity contribution in [1.82, 2.24) is 4.90 Å². The van der Waals surface area contributed by atoms with Crippen molar-refractivity contribution in [3.05, 3.63) is 36.7 Å². The number of unbranched alkanes of at least 4 members (excludes halogenated alkanes) is 1. The van der Waals surface area contributed by atoms with E-state index in [0.717, 1.165) is 12.3 Å². The molecule has 0 N–H and O–H groups in total. The molecule has 0 saturated carbocycles. The molecule has 18 heavy (non-hydrogen) atoms. The molecule has 1 rings (SSSR count). The van der Waals surface area contributed by atoms with Crippen molar-refractivity contribution in [2.45, 2.75) is 40.5 Å². The Labute approximate surface area is 112 Å².